The van der Waals surface area contributed by atoms with Crippen molar-refractivity contribution in [3.05, 3.63) is 57.8 Å². The topological polar surface area (TPSA) is 57.6 Å². The molecule has 114 valence electrons. The normalized spacial score (nSPS) is 21.0. The number of carboxylic acids is 1. The molecule has 1 fully saturated rings. The van der Waals surface area contributed by atoms with Crippen molar-refractivity contribution < 1.29 is 14.7 Å². The molecule has 0 saturated carbocycles. The Morgan fingerprint density at radius 3 is 2.64 bits per heavy atom. The number of thiophene rings is 1. The number of thioether (sulfide) groups is 1. The predicted molar refractivity (Wildman–Crippen MR) is 88.3 cm³/mol. The fourth-order valence-electron chi connectivity index (χ4n) is 2.55. The van der Waals surface area contributed by atoms with Gasteiger partial charge in [-0.3, -0.25) is 4.79 Å². The second kappa shape index (κ2) is 6.14. The van der Waals surface area contributed by atoms with Crippen LogP contribution in [0.3, 0.4) is 0 Å². The zero-order valence-corrected chi connectivity index (χ0v) is 13.6. The van der Waals surface area contributed by atoms with Gasteiger partial charge in [-0.25, -0.2) is 4.79 Å². The molecule has 2 unspecified atom stereocenters. The van der Waals surface area contributed by atoms with Crippen LogP contribution in [0, 0.1) is 6.92 Å². The second-order valence-corrected chi connectivity index (χ2v) is 7.17. The summed E-state index contributed by atoms with van der Waals surface area (Å²) in [6.45, 7) is 1.87. The van der Waals surface area contributed by atoms with Crippen molar-refractivity contribution in [2.45, 2.75) is 18.3 Å². The lowest BCUT2D eigenvalue weighted by atomic mass is 10.1. The van der Waals surface area contributed by atoms with E-state index in [0.29, 0.717) is 11.3 Å². The van der Waals surface area contributed by atoms with Crippen LogP contribution in [0.4, 0.5) is 0 Å². The summed E-state index contributed by atoms with van der Waals surface area (Å²) in [5, 5.41) is 11.2. The van der Waals surface area contributed by atoms with E-state index in [9.17, 15) is 14.7 Å². The van der Waals surface area contributed by atoms with Crippen LogP contribution in [-0.2, 0) is 4.79 Å². The summed E-state index contributed by atoms with van der Waals surface area (Å²) < 4.78 is 0. The minimum absolute atomic E-state index is 0.214. The number of hydrogen-bond donors (Lipinski definition) is 1. The van der Waals surface area contributed by atoms with Gasteiger partial charge in [-0.05, 0) is 30.0 Å². The quantitative estimate of drug-likeness (QED) is 0.935. The maximum Gasteiger partial charge on any atom is 0.327 e. The number of aliphatic carboxylic acids is 1. The molecule has 1 aromatic carbocycles. The molecule has 0 aliphatic carbocycles. The van der Waals surface area contributed by atoms with Crippen LogP contribution in [0.1, 0.15) is 26.2 Å². The molecule has 3 rings (SSSR count). The van der Waals surface area contributed by atoms with Crippen molar-refractivity contribution >= 4 is 35.0 Å². The summed E-state index contributed by atoms with van der Waals surface area (Å²) in [7, 11) is 0. The van der Waals surface area contributed by atoms with Gasteiger partial charge < -0.3 is 10.0 Å². The van der Waals surface area contributed by atoms with E-state index >= 15 is 0 Å². The third-order valence-electron chi connectivity index (χ3n) is 3.68. The molecular weight excluding hydrogens is 318 g/mol. The maximum atomic E-state index is 12.9. The van der Waals surface area contributed by atoms with Crippen molar-refractivity contribution in [1.29, 1.82) is 0 Å². The molecule has 22 heavy (non-hydrogen) atoms. The molecule has 0 radical (unpaired) electrons. The first kappa shape index (κ1) is 15.1. The molecule has 1 aromatic heterocycles. The molecule has 2 aromatic rings. The molecular formula is C16H15NO3S2. The van der Waals surface area contributed by atoms with Gasteiger partial charge in [0.1, 0.15) is 11.4 Å². The Bertz CT molecular complexity index is 699. The zero-order valence-electron chi connectivity index (χ0n) is 11.9. The molecule has 4 nitrogen and oxygen atoms in total. The number of amides is 1. The van der Waals surface area contributed by atoms with Crippen molar-refractivity contribution in [2.75, 3.05) is 5.75 Å². The Hall–Kier alpha value is -1.79. The summed E-state index contributed by atoms with van der Waals surface area (Å²) in [4.78, 5) is 27.0. The molecule has 1 saturated heterocycles. The van der Waals surface area contributed by atoms with E-state index in [1.165, 1.54) is 16.7 Å². The molecule has 0 bridgehead atoms. The van der Waals surface area contributed by atoms with Gasteiger partial charge in [0.05, 0.1) is 0 Å². The first-order chi connectivity index (χ1) is 10.6. The number of hydrogen-bond acceptors (Lipinski definition) is 4. The van der Waals surface area contributed by atoms with Crippen molar-refractivity contribution in [3.8, 4) is 0 Å². The third-order valence-corrected chi connectivity index (χ3v) is 6.06. The Labute approximate surface area is 136 Å². The lowest BCUT2D eigenvalue weighted by Crippen LogP contribution is -2.43. The number of carbonyl (C=O) groups is 2. The Morgan fingerprint density at radius 1 is 1.23 bits per heavy atom. The van der Waals surface area contributed by atoms with Crippen LogP contribution in [0.15, 0.2) is 41.8 Å². The minimum Gasteiger partial charge on any atom is -0.480 e. The molecule has 1 amide bonds. The van der Waals surface area contributed by atoms with Gasteiger partial charge in [-0.1, -0.05) is 24.3 Å². The zero-order chi connectivity index (χ0) is 15.7. The average Bonchev–Trinajstić information content (AvgIpc) is 3.15. The SMILES string of the molecule is Cc1ccccc1C(=O)N1C(C(=O)O)CSC1c1cccs1. The van der Waals surface area contributed by atoms with E-state index < -0.39 is 12.0 Å². The number of carboxylic acid groups (broad SMARTS) is 1. The van der Waals surface area contributed by atoms with E-state index in [-0.39, 0.29) is 11.3 Å². The van der Waals surface area contributed by atoms with Crippen LogP contribution in [-0.4, -0.2) is 33.7 Å². The lowest BCUT2D eigenvalue weighted by molar-refractivity contribution is -0.141. The molecule has 1 aliphatic rings. The van der Waals surface area contributed by atoms with Gasteiger partial charge in [0.15, 0.2) is 0 Å². The van der Waals surface area contributed by atoms with Crippen molar-refractivity contribution in [2.24, 2.45) is 0 Å². The Kier molecular flexibility index (Phi) is 4.22. The van der Waals surface area contributed by atoms with E-state index in [1.54, 1.807) is 23.5 Å². The molecule has 1 aliphatic heterocycles. The van der Waals surface area contributed by atoms with E-state index in [1.807, 2.05) is 36.6 Å². The highest BCUT2D eigenvalue weighted by atomic mass is 32.2. The summed E-state index contributed by atoms with van der Waals surface area (Å²) >= 11 is 3.05. The Morgan fingerprint density at radius 2 is 2.00 bits per heavy atom. The first-order valence-electron chi connectivity index (χ1n) is 6.85. The van der Waals surface area contributed by atoms with Crippen LogP contribution in [0.2, 0.25) is 0 Å². The average molecular weight is 333 g/mol. The molecule has 6 heteroatoms. The van der Waals surface area contributed by atoms with Gasteiger partial charge in [0.2, 0.25) is 0 Å². The van der Waals surface area contributed by atoms with E-state index in [4.69, 9.17) is 0 Å². The number of rotatable bonds is 3. The smallest absolute Gasteiger partial charge is 0.327 e. The van der Waals surface area contributed by atoms with Crippen LogP contribution in [0.25, 0.3) is 0 Å². The highest BCUT2D eigenvalue weighted by Gasteiger charge is 2.43. The lowest BCUT2D eigenvalue weighted by Gasteiger charge is -2.27. The number of benzene rings is 1. The third kappa shape index (κ3) is 2.64. The van der Waals surface area contributed by atoms with Gasteiger partial charge in [-0.2, -0.15) is 0 Å². The number of carbonyl (C=O) groups excluding carboxylic acids is 1. The summed E-state index contributed by atoms with van der Waals surface area (Å²) in [5.41, 5.74) is 1.43. The largest absolute Gasteiger partial charge is 0.480 e. The van der Waals surface area contributed by atoms with E-state index in [2.05, 4.69) is 0 Å². The number of nitrogens with zero attached hydrogens (tertiary/aromatic N) is 1. The highest BCUT2D eigenvalue weighted by molar-refractivity contribution is 7.99. The highest BCUT2D eigenvalue weighted by Crippen LogP contribution is 2.44. The van der Waals surface area contributed by atoms with Crippen LogP contribution < -0.4 is 0 Å². The monoisotopic (exact) mass is 333 g/mol. The molecule has 2 atom stereocenters. The van der Waals surface area contributed by atoms with Gasteiger partial charge in [-0.15, -0.1) is 23.1 Å². The van der Waals surface area contributed by atoms with Crippen molar-refractivity contribution in [1.82, 2.24) is 4.90 Å². The molecule has 0 spiro atoms. The van der Waals surface area contributed by atoms with Crippen LogP contribution in [0.5, 0.6) is 0 Å². The predicted octanol–water partition coefficient (Wildman–Crippen LogP) is 3.40. The first-order valence-corrected chi connectivity index (χ1v) is 8.78. The summed E-state index contributed by atoms with van der Waals surface area (Å²) in [5.74, 6) is -0.752. The molecule has 1 N–H and O–H groups in total. The van der Waals surface area contributed by atoms with Gasteiger partial charge >= 0.3 is 5.97 Å². The maximum absolute atomic E-state index is 12.9. The standard InChI is InChI=1S/C16H15NO3S2/c1-10-5-2-3-6-11(10)14(18)17-12(16(19)20)9-22-15(17)13-7-4-8-21-13/h2-8,12,15H,9H2,1H3,(H,19,20). The summed E-state index contributed by atoms with van der Waals surface area (Å²) in [6.07, 6.45) is 0. The van der Waals surface area contributed by atoms with E-state index in [0.717, 1.165) is 10.4 Å². The Balaban J connectivity index is 2.00. The number of aryl methyl sites for hydroxylation is 1. The molecule has 2 heterocycles. The van der Waals surface area contributed by atoms with Crippen molar-refractivity contribution in [3.63, 3.8) is 0 Å². The fourth-order valence-corrected chi connectivity index (χ4v) is 4.93. The fraction of sp³-hybridized carbons (Fsp3) is 0.250. The second-order valence-electron chi connectivity index (χ2n) is 5.08. The minimum atomic E-state index is -0.950. The van der Waals surface area contributed by atoms with Gasteiger partial charge in [0.25, 0.3) is 5.91 Å². The van der Waals surface area contributed by atoms with Gasteiger partial charge in [0, 0.05) is 16.2 Å². The summed E-state index contributed by atoms with van der Waals surface area (Å²) in [6, 6.07) is 10.4. The van der Waals surface area contributed by atoms with Crippen LogP contribution >= 0.6 is 23.1 Å².